The third-order valence-corrected chi connectivity index (χ3v) is 2.88. The number of aryl methyl sites for hydroxylation is 1. The van der Waals surface area contributed by atoms with Gasteiger partial charge in [0.1, 0.15) is 0 Å². The third-order valence-electron chi connectivity index (χ3n) is 2.88. The number of rotatable bonds is 3. The molecule has 8 heteroatoms. The molecule has 2 rings (SSSR count). The number of morpholine rings is 1. The molecule has 1 atom stereocenters. The number of aliphatic carboxylic acids is 1. The SMILES string of the molecule is CCn1cc(NC(=O)N2CCOCC2C(=O)O)cn1. The lowest BCUT2D eigenvalue weighted by molar-refractivity contribution is -0.147. The van der Waals surface area contributed by atoms with Gasteiger partial charge in [-0.1, -0.05) is 0 Å². The number of carbonyl (C=O) groups is 2. The van der Waals surface area contributed by atoms with E-state index in [0.717, 1.165) is 0 Å². The highest BCUT2D eigenvalue weighted by Gasteiger charge is 2.32. The van der Waals surface area contributed by atoms with E-state index in [2.05, 4.69) is 10.4 Å². The Balaban J connectivity index is 2.03. The summed E-state index contributed by atoms with van der Waals surface area (Å²) in [5.41, 5.74) is 0.544. The average molecular weight is 268 g/mol. The van der Waals surface area contributed by atoms with Crippen LogP contribution in [0.1, 0.15) is 6.92 Å². The Kier molecular flexibility index (Phi) is 4.00. The molecule has 8 nitrogen and oxygen atoms in total. The van der Waals surface area contributed by atoms with Gasteiger partial charge in [-0.15, -0.1) is 0 Å². The monoisotopic (exact) mass is 268 g/mol. The summed E-state index contributed by atoms with van der Waals surface area (Å²) in [6.07, 6.45) is 3.21. The number of hydrogen-bond acceptors (Lipinski definition) is 4. The normalized spacial score (nSPS) is 19.2. The summed E-state index contributed by atoms with van der Waals surface area (Å²) in [6, 6.07) is -1.40. The van der Waals surface area contributed by atoms with Crippen LogP contribution >= 0.6 is 0 Å². The summed E-state index contributed by atoms with van der Waals surface area (Å²) in [6.45, 7) is 3.24. The number of anilines is 1. The van der Waals surface area contributed by atoms with E-state index in [-0.39, 0.29) is 13.2 Å². The second-order valence-electron chi connectivity index (χ2n) is 4.14. The zero-order valence-electron chi connectivity index (χ0n) is 10.6. The molecule has 0 aliphatic carbocycles. The van der Waals surface area contributed by atoms with Gasteiger partial charge in [-0.2, -0.15) is 5.10 Å². The molecule has 2 amide bonds. The Bertz CT molecular complexity index is 473. The second-order valence-corrected chi connectivity index (χ2v) is 4.14. The second kappa shape index (κ2) is 5.70. The standard InChI is InChI=1S/C11H16N4O4/c1-2-14-6-8(5-12-14)13-11(18)15-3-4-19-7-9(15)10(16)17/h5-6,9H,2-4,7H2,1H3,(H,13,18)(H,16,17). The van der Waals surface area contributed by atoms with Crippen molar-refractivity contribution in [1.82, 2.24) is 14.7 Å². The molecule has 1 aromatic heterocycles. The zero-order chi connectivity index (χ0) is 13.8. The van der Waals surface area contributed by atoms with Crippen LogP contribution < -0.4 is 5.32 Å². The molecular weight excluding hydrogens is 252 g/mol. The van der Waals surface area contributed by atoms with Crippen molar-refractivity contribution in [3.8, 4) is 0 Å². The minimum Gasteiger partial charge on any atom is -0.480 e. The number of urea groups is 1. The van der Waals surface area contributed by atoms with Crippen molar-refractivity contribution in [1.29, 1.82) is 0 Å². The fourth-order valence-corrected chi connectivity index (χ4v) is 1.85. The van der Waals surface area contributed by atoms with E-state index in [1.807, 2.05) is 6.92 Å². The van der Waals surface area contributed by atoms with Crippen molar-refractivity contribution >= 4 is 17.7 Å². The van der Waals surface area contributed by atoms with Gasteiger partial charge in [0, 0.05) is 19.3 Å². The Morgan fingerprint density at radius 3 is 3.05 bits per heavy atom. The molecule has 1 unspecified atom stereocenters. The highest BCUT2D eigenvalue weighted by molar-refractivity contribution is 5.92. The highest BCUT2D eigenvalue weighted by Crippen LogP contribution is 2.11. The molecule has 0 spiro atoms. The van der Waals surface area contributed by atoms with E-state index in [0.29, 0.717) is 18.8 Å². The van der Waals surface area contributed by atoms with Crippen molar-refractivity contribution in [2.24, 2.45) is 0 Å². The lowest BCUT2D eigenvalue weighted by Crippen LogP contribution is -2.53. The van der Waals surface area contributed by atoms with Gasteiger partial charge >= 0.3 is 12.0 Å². The molecule has 2 N–H and O–H groups in total. The molecule has 1 aromatic rings. The van der Waals surface area contributed by atoms with E-state index >= 15 is 0 Å². The molecular formula is C11H16N4O4. The summed E-state index contributed by atoms with van der Waals surface area (Å²) in [7, 11) is 0. The van der Waals surface area contributed by atoms with E-state index in [9.17, 15) is 9.59 Å². The topological polar surface area (TPSA) is 96.7 Å². The van der Waals surface area contributed by atoms with Gasteiger partial charge in [0.25, 0.3) is 0 Å². The third kappa shape index (κ3) is 3.02. The first-order valence-electron chi connectivity index (χ1n) is 6.02. The number of carbonyl (C=O) groups excluding carboxylic acids is 1. The minimum absolute atomic E-state index is 0.0109. The van der Waals surface area contributed by atoms with Crippen molar-refractivity contribution < 1.29 is 19.4 Å². The Morgan fingerprint density at radius 2 is 2.42 bits per heavy atom. The summed E-state index contributed by atoms with van der Waals surface area (Å²) >= 11 is 0. The minimum atomic E-state index is -1.07. The zero-order valence-corrected chi connectivity index (χ0v) is 10.6. The predicted octanol–water partition coefficient (Wildman–Crippen LogP) is 0.220. The van der Waals surface area contributed by atoms with E-state index < -0.39 is 18.0 Å². The molecule has 2 heterocycles. The summed E-state index contributed by atoms with van der Waals surface area (Å²) in [4.78, 5) is 24.4. The van der Waals surface area contributed by atoms with Crippen LogP contribution in [0.4, 0.5) is 10.5 Å². The molecule has 0 bridgehead atoms. The molecule has 19 heavy (non-hydrogen) atoms. The van der Waals surface area contributed by atoms with Crippen LogP contribution in [0.25, 0.3) is 0 Å². The predicted molar refractivity (Wildman–Crippen MR) is 65.9 cm³/mol. The molecule has 104 valence electrons. The first-order valence-corrected chi connectivity index (χ1v) is 6.02. The molecule has 0 radical (unpaired) electrons. The molecule has 1 saturated heterocycles. The lowest BCUT2D eigenvalue weighted by atomic mass is 10.2. The first kappa shape index (κ1) is 13.3. The summed E-state index contributed by atoms with van der Waals surface area (Å²) in [5.74, 6) is -1.07. The van der Waals surface area contributed by atoms with E-state index in [4.69, 9.17) is 9.84 Å². The maximum atomic E-state index is 12.0. The number of ether oxygens (including phenoxy) is 1. The lowest BCUT2D eigenvalue weighted by Gasteiger charge is -2.32. The number of amides is 2. The van der Waals surface area contributed by atoms with Crippen molar-refractivity contribution in [2.75, 3.05) is 25.1 Å². The molecule has 1 aliphatic heterocycles. The number of hydrogen-bond donors (Lipinski definition) is 2. The van der Waals surface area contributed by atoms with Gasteiger partial charge in [-0.05, 0) is 6.92 Å². The Morgan fingerprint density at radius 1 is 1.63 bits per heavy atom. The molecule has 1 fully saturated rings. The number of carboxylic acid groups (broad SMARTS) is 1. The van der Waals surface area contributed by atoms with Crippen LogP contribution in [0.3, 0.4) is 0 Å². The average Bonchev–Trinajstić information content (AvgIpc) is 2.86. The quantitative estimate of drug-likeness (QED) is 0.817. The summed E-state index contributed by atoms with van der Waals surface area (Å²) < 4.78 is 6.75. The van der Waals surface area contributed by atoms with Gasteiger partial charge in [-0.3, -0.25) is 4.68 Å². The maximum Gasteiger partial charge on any atom is 0.328 e. The largest absolute Gasteiger partial charge is 0.480 e. The van der Waals surface area contributed by atoms with Crippen LogP contribution in [0.5, 0.6) is 0 Å². The molecule has 1 aliphatic rings. The first-order chi connectivity index (χ1) is 9.11. The van der Waals surface area contributed by atoms with Crippen LogP contribution in [0, 0.1) is 0 Å². The Hall–Kier alpha value is -2.09. The van der Waals surface area contributed by atoms with Crippen molar-refractivity contribution in [3.05, 3.63) is 12.4 Å². The van der Waals surface area contributed by atoms with Gasteiger partial charge in [0.15, 0.2) is 6.04 Å². The number of carboxylic acids is 1. The van der Waals surface area contributed by atoms with Crippen molar-refractivity contribution in [3.63, 3.8) is 0 Å². The van der Waals surface area contributed by atoms with E-state index in [1.54, 1.807) is 10.9 Å². The number of nitrogens with one attached hydrogen (secondary N) is 1. The van der Waals surface area contributed by atoms with Gasteiger partial charge in [-0.25, -0.2) is 9.59 Å². The van der Waals surface area contributed by atoms with Crippen LogP contribution in [0.15, 0.2) is 12.4 Å². The van der Waals surface area contributed by atoms with Gasteiger partial charge in [0.05, 0.1) is 25.1 Å². The Labute approximate surface area is 109 Å². The van der Waals surface area contributed by atoms with Crippen LogP contribution in [-0.4, -0.2) is 57.6 Å². The smallest absolute Gasteiger partial charge is 0.328 e. The summed E-state index contributed by atoms with van der Waals surface area (Å²) in [5, 5.41) is 15.7. The molecule has 0 aromatic carbocycles. The van der Waals surface area contributed by atoms with Crippen molar-refractivity contribution in [2.45, 2.75) is 19.5 Å². The van der Waals surface area contributed by atoms with Crippen LogP contribution in [0.2, 0.25) is 0 Å². The fourth-order valence-electron chi connectivity index (χ4n) is 1.85. The number of aromatic nitrogens is 2. The van der Waals surface area contributed by atoms with Gasteiger partial charge in [0.2, 0.25) is 0 Å². The van der Waals surface area contributed by atoms with E-state index in [1.165, 1.54) is 11.1 Å². The van der Waals surface area contributed by atoms with Crippen LogP contribution in [-0.2, 0) is 16.1 Å². The van der Waals surface area contributed by atoms with Gasteiger partial charge < -0.3 is 20.1 Å². The maximum absolute atomic E-state index is 12.0. The molecule has 0 saturated carbocycles. The highest BCUT2D eigenvalue weighted by atomic mass is 16.5. The number of nitrogens with zero attached hydrogens (tertiary/aromatic N) is 3. The fraction of sp³-hybridized carbons (Fsp3) is 0.545.